The molecule has 0 saturated heterocycles. The zero-order chi connectivity index (χ0) is 10.8. The maximum absolute atomic E-state index is 11.6. The molecular weight excluding hydrogens is 190 g/mol. The Morgan fingerprint density at radius 1 is 1.60 bits per heavy atom. The quantitative estimate of drug-likeness (QED) is 0.790. The van der Waals surface area contributed by atoms with Crippen molar-refractivity contribution in [2.24, 2.45) is 11.8 Å². The maximum atomic E-state index is 11.6. The average molecular weight is 205 g/mol. The number of rotatable bonds is 3. The van der Waals surface area contributed by atoms with Gasteiger partial charge in [0.1, 0.15) is 0 Å². The zero-order valence-corrected chi connectivity index (χ0v) is 8.73. The molecule has 3 heteroatoms. The summed E-state index contributed by atoms with van der Waals surface area (Å²) in [6, 6.07) is 7.29. The summed E-state index contributed by atoms with van der Waals surface area (Å²) in [7, 11) is 0. The van der Waals surface area contributed by atoms with Gasteiger partial charge in [0.15, 0.2) is 0 Å². The SMILES string of the molecule is CC1CC1C(=O)Nc1cccc(CO)c1. The third-order valence-electron chi connectivity index (χ3n) is 2.82. The minimum Gasteiger partial charge on any atom is -0.392 e. The second kappa shape index (κ2) is 4.03. The van der Waals surface area contributed by atoms with Crippen LogP contribution in [0.4, 0.5) is 5.69 Å². The van der Waals surface area contributed by atoms with Crippen LogP contribution in [0.5, 0.6) is 0 Å². The topological polar surface area (TPSA) is 49.3 Å². The molecule has 2 unspecified atom stereocenters. The number of benzene rings is 1. The Balaban J connectivity index is 2.00. The number of aliphatic hydroxyl groups excluding tert-OH is 1. The predicted molar refractivity (Wildman–Crippen MR) is 58.3 cm³/mol. The second-order valence-corrected chi connectivity index (χ2v) is 4.17. The Morgan fingerprint density at radius 3 is 2.93 bits per heavy atom. The van der Waals surface area contributed by atoms with Crippen molar-refractivity contribution in [3.63, 3.8) is 0 Å². The second-order valence-electron chi connectivity index (χ2n) is 4.17. The first-order chi connectivity index (χ1) is 7.20. The van der Waals surface area contributed by atoms with Crippen LogP contribution in [-0.4, -0.2) is 11.0 Å². The molecule has 3 nitrogen and oxygen atoms in total. The molecule has 0 aliphatic heterocycles. The first-order valence-corrected chi connectivity index (χ1v) is 5.21. The van der Waals surface area contributed by atoms with Crippen molar-refractivity contribution in [2.45, 2.75) is 20.0 Å². The summed E-state index contributed by atoms with van der Waals surface area (Å²) >= 11 is 0. The third kappa shape index (κ3) is 2.36. The smallest absolute Gasteiger partial charge is 0.227 e. The van der Waals surface area contributed by atoms with Crippen LogP contribution in [0.15, 0.2) is 24.3 Å². The highest BCUT2D eigenvalue weighted by Crippen LogP contribution is 2.38. The van der Waals surface area contributed by atoms with E-state index in [-0.39, 0.29) is 18.4 Å². The molecule has 80 valence electrons. The van der Waals surface area contributed by atoms with Gasteiger partial charge in [-0.05, 0) is 30.0 Å². The maximum Gasteiger partial charge on any atom is 0.227 e. The standard InChI is InChI=1S/C12H15NO2/c1-8-5-11(8)12(15)13-10-4-2-3-9(6-10)7-14/h2-4,6,8,11,14H,5,7H2,1H3,(H,13,15). The van der Waals surface area contributed by atoms with E-state index in [0.717, 1.165) is 17.7 Å². The number of carbonyl (C=O) groups excluding carboxylic acids is 1. The van der Waals surface area contributed by atoms with Crippen molar-refractivity contribution in [1.82, 2.24) is 0 Å². The Labute approximate surface area is 89.1 Å². The van der Waals surface area contributed by atoms with Gasteiger partial charge in [0.2, 0.25) is 5.91 Å². The highest BCUT2D eigenvalue weighted by atomic mass is 16.3. The summed E-state index contributed by atoms with van der Waals surface area (Å²) in [5.41, 5.74) is 1.59. The van der Waals surface area contributed by atoms with Crippen molar-refractivity contribution in [1.29, 1.82) is 0 Å². The number of hydrogen-bond acceptors (Lipinski definition) is 2. The Morgan fingerprint density at radius 2 is 2.33 bits per heavy atom. The molecule has 1 aliphatic carbocycles. The van der Waals surface area contributed by atoms with Gasteiger partial charge in [0, 0.05) is 11.6 Å². The lowest BCUT2D eigenvalue weighted by Crippen LogP contribution is -2.14. The van der Waals surface area contributed by atoms with Gasteiger partial charge in [0.25, 0.3) is 0 Å². The van der Waals surface area contributed by atoms with Crippen LogP contribution >= 0.6 is 0 Å². The van der Waals surface area contributed by atoms with E-state index in [0.29, 0.717) is 5.92 Å². The first-order valence-electron chi connectivity index (χ1n) is 5.21. The van der Waals surface area contributed by atoms with E-state index in [1.54, 1.807) is 6.07 Å². The molecule has 2 N–H and O–H groups in total. The van der Waals surface area contributed by atoms with E-state index in [1.807, 2.05) is 18.2 Å². The van der Waals surface area contributed by atoms with Crippen LogP contribution in [0, 0.1) is 11.8 Å². The number of carbonyl (C=O) groups is 1. The summed E-state index contributed by atoms with van der Waals surface area (Å²) in [4.78, 5) is 11.6. The summed E-state index contributed by atoms with van der Waals surface area (Å²) in [5.74, 6) is 0.798. The van der Waals surface area contributed by atoms with E-state index in [4.69, 9.17) is 5.11 Å². The lowest BCUT2D eigenvalue weighted by Gasteiger charge is -2.05. The van der Waals surface area contributed by atoms with Crippen molar-refractivity contribution >= 4 is 11.6 Å². The lowest BCUT2D eigenvalue weighted by molar-refractivity contribution is -0.117. The molecule has 1 aliphatic rings. The largest absolute Gasteiger partial charge is 0.392 e. The molecule has 1 saturated carbocycles. The molecule has 0 spiro atoms. The van der Waals surface area contributed by atoms with Crippen LogP contribution in [0.3, 0.4) is 0 Å². The minimum absolute atomic E-state index is 0.00351. The van der Waals surface area contributed by atoms with Crippen molar-refractivity contribution in [3.05, 3.63) is 29.8 Å². The molecule has 1 fully saturated rings. The van der Waals surface area contributed by atoms with E-state index >= 15 is 0 Å². The van der Waals surface area contributed by atoms with Gasteiger partial charge >= 0.3 is 0 Å². The van der Waals surface area contributed by atoms with E-state index in [2.05, 4.69) is 12.2 Å². The summed E-state index contributed by atoms with van der Waals surface area (Å²) < 4.78 is 0. The fourth-order valence-corrected chi connectivity index (χ4v) is 1.67. The highest BCUT2D eigenvalue weighted by Gasteiger charge is 2.38. The van der Waals surface area contributed by atoms with Crippen LogP contribution in [0.2, 0.25) is 0 Å². The van der Waals surface area contributed by atoms with Crippen LogP contribution < -0.4 is 5.32 Å². The number of nitrogens with one attached hydrogen (secondary N) is 1. The molecule has 0 aromatic heterocycles. The number of aliphatic hydroxyl groups is 1. The zero-order valence-electron chi connectivity index (χ0n) is 8.73. The molecule has 0 radical (unpaired) electrons. The van der Waals surface area contributed by atoms with Gasteiger partial charge in [-0.25, -0.2) is 0 Å². The van der Waals surface area contributed by atoms with E-state index in [9.17, 15) is 4.79 Å². The average Bonchev–Trinajstić information content (AvgIpc) is 2.96. The predicted octanol–water partition coefficient (Wildman–Crippen LogP) is 1.77. The minimum atomic E-state index is 0.00351. The summed E-state index contributed by atoms with van der Waals surface area (Å²) in [6.07, 6.45) is 0.992. The van der Waals surface area contributed by atoms with Gasteiger partial charge in [-0.2, -0.15) is 0 Å². The molecule has 0 bridgehead atoms. The number of amides is 1. The molecule has 1 aromatic carbocycles. The molecule has 1 aromatic rings. The van der Waals surface area contributed by atoms with Crippen molar-refractivity contribution in [3.8, 4) is 0 Å². The third-order valence-corrected chi connectivity index (χ3v) is 2.82. The molecule has 0 heterocycles. The van der Waals surface area contributed by atoms with Crippen LogP contribution in [0.1, 0.15) is 18.9 Å². The Hall–Kier alpha value is -1.35. The van der Waals surface area contributed by atoms with Crippen LogP contribution in [-0.2, 0) is 11.4 Å². The Kier molecular flexibility index (Phi) is 2.73. The molecule has 2 rings (SSSR count). The molecule has 1 amide bonds. The lowest BCUT2D eigenvalue weighted by atomic mass is 10.2. The first kappa shape index (κ1) is 10.2. The van der Waals surface area contributed by atoms with Crippen molar-refractivity contribution in [2.75, 3.05) is 5.32 Å². The molecule has 2 atom stereocenters. The van der Waals surface area contributed by atoms with E-state index < -0.39 is 0 Å². The number of hydrogen-bond donors (Lipinski definition) is 2. The summed E-state index contributed by atoms with van der Waals surface area (Å²) in [5, 5.41) is 11.8. The Bertz CT molecular complexity index is 376. The van der Waals surface area contributed by atoms with Gasteiger partial charge in [-0.1, -0.05) is 19.1 Å². The monoisotopic (exact) mass is 205 g/mol. The van der Waals surface area contributed by atoms with Gasteiger partial charge < -0.3 is 10.4 Å². The molecule has 15 heavy (non-hydrogen) atoms. The number of anilines is 1. The highest BCUT2D eigenvalue weighted by molar-refractivity contribution is 5.94. The summed E-state index contributed by atoms with van der Waals surface area (Å²) in [6.45, 7) is 2.08. The van der Waals surface area contributed by atoms with E-state index in [1.165, 1.54) is 0 Å². The van der Waals surface area contributed by atoms with Crippen molar-refractivity contribution < 1.29 is 9.90 Å². The van der Waals surface area contributed by atoms with Gasteiger partial charge in [-0.3, -0.25) is 4.79 Å². The van der Waals surface area contributed by atoms with Crippen LogP contribution in [0.25, 0.3) is 0 Å². The fourth-order valence-electron chi connectivity index (χ4n) is 1.67. The normalized spacial score (nSPS) is 23.6. The van der Waals surface area contributed by atoms with Gasteiger partial charge in [0.05, 0.1) is 6.61 Å². The molecular formula is C12H15NO2. The van der Waals surface area contributed by atoms with Gasteiger partial charge in [-0.15, -0.1) is 0 Å². The fraction of sp³-hybridized carbons (Fsp3) is 0.417.